The number of aromatic nitrogens is 1. The zero-order chi connectivity index (χ0) is 20.4. The van der Waals surface area contributed by atoms with Crippen LogP contribution in [0.4, 0.5) is 11.4 Å². The molecule has 0 atom stereocenters. The average Bonchev–Trinajstić information content (AvgIpc) is 3.00. The van der Waals surface area contributed by atoms with E-state index in [4.69, 9.17) is 0 Å². The number of rotatable bonds is 5. The van der Waals surface area contributed by atoms with E-state index in [1.165, 1.54) is 11.3 Å². The lowest BCUT2D eigenvalue weighted by molar-refractivity contribution is -0.394. The fraction of sp³-hybridized carbons (Fsp3) is 0.111. The van der Waals surface area contributed by atoms with Gasteiger partial charge in [-0.1, -0.05) is 29.5 Å². The number of hydrogen-bond acceptors (Lipinski definition) is 6. The van der Waals surface area contributed by atoms with Gasteiger partial charge in [0.25, 0.3) is 17.3 Å². The summed E-state index contributed by atoms with van der Waals surface area (Å²) in [4.78, 5) is 37.6. The Hall–Kier alpha value is -3.66. The Balaban J connectivity index is 2.19. The van der Waals surface area contributed by atoms with Crippen molar-refractivity contribution in [1.82, 2.24) is 4.57 Å². The van der Waals surface area contributed by atoms with Crippen LogP contribution in [0.25, 0.3) is 10.2 Å². The summed E-state index contributed by atoms with van der Waals surface area (Å²) in [7, 11) is 0. The topological polar surface area (TPSA) is 121 Å². The smallest absolute Gasteiger partial charge is 0.280 e. The number of non-ortho nitro benzene ring substituents is 2. The predicted molar refractivity (Wildman–Crippen MR) is 104 cm³/mol. The second kappa shape index (κ2) is 7.53. The Morgan fingerprint density at radius 3 is 2.43 bits per heavy atom. The maximum absolute atomic E-state index is 12.6. The highest BCUT2D eigenvalue weighted by atomic mass is 32.1. The summed E-state index contributed by atoms with van der Waals surface area (Å²) in [5, 5.41) is 22.1. The van der Waals surface area contributed by atoms with E-state index in [-0.39, 0.29) is 5.56 Å². The molecular formula is C18H14N4O5S. The molecule has 0 unspecified atom stereocenters. The lowest BCUT2D eigenvalue weighted by Crippen LogP contribution is -2.16. The fourth-order valence-corrected chi connectivity index (χ4v) is 3.89. The van der Waals surface area contributed by atoms with Gasteiger partial charge in [-0.25, -0.2) is 0 Å². The summed E-state index contributed by atoms with van der Waals surface area (Å²) in [6, 6.07) is 8.49. The van der Waals surface area contributed by atoms with Crippen LogP contribution in [0.15, 0.2) is 54.0 Å². The van der Waals surface area contributed by atoms with Crippen molar-refractivity contribution in [3.8, 4) is 0 Å². The molecule has 0 fully saturated rings. The van der Waals surface area contributed by atoms with E-state index in [2.05, 4.69) is 11.6 Å². The van der Waals surface area contributed by atoms with Crippen LogP contribution in [0.5, 0.6) is 0 Å². The monoisotopic (exact) mass is 398 g/mol. The number of amides is 1. The van der Waals surface area contributed by atoms with E-state index in [9.17, 15) is 25.0 Å². The summed E-state index contributed by atoms with van der Waals surface area (Å²) in [6.45, 7) is 6.06. The largest absolute Gasteiger partial charge is 0.312 e. The van der Waals surface area contributed by atoms with Gasteiger partial charge in [0.1, 0.15) is 0 Å². The molecule has 0 saturated carbocycles. The minimum absolute atomic E-state index is 0.222. The maximum atomic E-state index is 12.6. The lowest BCUT2D eigenvalue weighted by atomic mass is 10.1. The van der Waals surface area contributed by atoms with Gasteiger partial charge < -0.3 is 4.57 Å². The number of aryl methyl sites for hydroxylation is 1. The minimum Gasteiger partial charge on any atom is -0.312 e. The molecule has 0 spiro atoms. The molecule has 3 aromatic rings. The number of nitro groups is 2. The molecule has 0 bridgehead atoms. The Bertz CT molecular complexity index is 1180. The van der Waals surface area contributed by atoms with E-state index >= 15 is 0 Å². The third kappa shape index (κ3) is 3.58. The van der Waals surface area contributed by atoms with E-state index < -0.39 is 27.1 Å². The summed E-state index contributed by atoms with van der Waals surface area (Å²) in [6.07, 6.45) is 1.67. The SMILES string of the molecule is C=CCn1c(=NC(=O)c2cc([N+](=O)[O-])cc([N+](=O)[O-])c2)sc2cccc(C)c21. The number of carbonyl (C=O) groups is 1. The highest BCUT2D eigenvalue weighted by Crippen LogP contribution is 2.24. The summed E-state index contributed by atoms with van der Waals surface area (Å²) in [5.74, 6) is -0.797. The van der Waals surface area contributed by atoms with Gasteiger partial charge in [-0.2, -0.15) is 4.99 Å². The van der Waals surface area contributed by atoms with Crippen LogP contribution in [0, 0.1) is 27.2 Å². The quantitative estimate of drug-likeness (QED) is 0.368. The van der Waals surface area contributed by atoms with E-state index in [1.807, 2.05) is 29.7 Å². The van der Waals surface area contributed by atoms with Crippen LogP contribution in [-0.2, 0) is 6.54 Å². The molecule has 2 aromatic carbocycles. The Morgan fingerprint density at radius 1 is 1.21 bits per heavy atom. The molecule has 142 valence electrons. The second-order valence-electron chi connectivity index (χ2n) is 5.87. The lowest BCUT2D eigenvalue weighted by Gasteiger charge is -2.03. The average molecular weight is 398 g/mol. The van der Waals surface area contributed by atoms with Gasteiger partial charge in [-0.15, -0.1) is 6.58 Å². The van der Waals surface area contributed by atoms with Gasteiger partial charge in [0, 0.05) is 18.7 Å². The van der Waals surface area contributed by atoms with Crippen molar-refractivity contribution >= 4 is 38.8 Å². The number of fused-ring (bicyclic) bond motifs is 1. The van der Waals surface area contributed by atoms with Crippen LogP contribution in [-0.4, -0.2) is 20.3 Å². The summed E-state index contributed by atoms with van der Waals surface area (Å²) >= 11 is 1.28. The van der Waals surface area contributed by atoms with Crippen LogP contribution in [0.2, 0.25) is 0 Å². The number of carbonyl (C=O) groups excluding carboxylic acids is 1. The van der Waals surface area contributed by atoms with Crippen LogP contribution in [0.3, 0.4) is 0 Å². The van der Waals surface area contributed by atoms with Gasteiger partial charge in [0.2, 0.25) is 0 Å². The molecule has 0 aliphatic heterocycles. The first-order valence-electron chi connectivity index (χ1n) is 8.04. The highest BCUT2D eigenvalue weighted by molar-refractivity contribution is 7.16. The van der Waals surface area contributed by atoms with Crippen LogP contribution < -0.4 is 4.80 Å². The third-order valence-electron chi connectivity index (χ3n) is 3.98. The van der Waals surface area contributed by atoms with E-state index in [0.29, 0.717) is 11.3 Å². The van der Waals surface area contributed by atoms with Gasteiger partial charge in [-0.05, 0) is 18.6 Å². The molecule has 1 aromatic heterocycles. The third-order valence-corrected chi connectivity index (χ3v) is 5.03. The molecule has 0 aliphatic carbocycles. The zero-order valence-electron chi connectivity index (χ0n) is 14.7. The van der Waals surface area contributed by atoms with Gasteiger partial charge in [-0.3, -0.25) is 25.0 Å². The molecule has 28 heavy (non-hydrogen) atoms. The number of hydrogen-bond donors (Lipinski definition) is 0. The molecule has 10 heteroatoms. The minimum atomic E-state index is -0.797. The molecule has 1 amide bonds. The Morgan fingerprint density at radius 2 is 1.86 bits per heavy atom. The highest BCUT2D eigenvalue weighted by Gasteiger charge is 2.20. The number of thiazole rings is 1. The van der Waals surface area contributed by atoms with Gasteiger partial charge in [0.05, 0.1) is 31.7 Å². The molecular weight excluding hydrogens is 384 g/mol. The van der Waals surface area contributed by atoms with Crippen molar-refractivity contribution in [1.29, 1.82) is 0 Å². The van der Waals surface area contributed by atoms with E-state index in [1.54, 1.807) is 6.08 Å². The number of nitrogens with zero attached hydrogens (tertiary/aromatic N) is 4. The van der Waals surface area contributed by atoms with Crippen molar-refractivity contribution in [2.24, 2.45) is 4.99 Å². The first kappa shape index (κ1) is 19.1. The molecule has 3 rings (SSSR count). The standard InChI is InChI=1S/C18H14N4O5S/c1-3-7-20-16-11(2)5-4-6-15(16)28-18(20)19-17(23)12-8-13(21(24)25)10-14(9-12)22(26)27/h3-6,8-10H,1,7H2,2H3. The summed E-state index contributed by atoms with van der Waals surface area (Å²) in [5.41, 5.74) is 0.595. The first-order chi connectivity index (χ1) is 13.3. The van der Waals surface area contributed by atoms with Crippen LogP contribution >= 0.6 is 11.3 Å². The van der Waals surface area contributed by atoms with Crippen molar-refractivity contribution in [2.75, 3.05) is 0 Å². The second-order valence-corrected chi connectivity index (χ2v) is 6.88. The molecule has 0 aliphatic rings. The fourth-order valence-electron chi connectivity index (χ4n) is 2.77. The number of allylic oxidation sites excluding steroid dienone is 1. The van der Waals surface area contributed by atoms with Crippen molar-refractivity contribution in [2.45, 2.75) is 13.5 Å². The van der Waals surface area contributed by atoms with E-state index in [0.717, 1.165) is 34.0 Å². The van der Waals surface area contributed by atoms with Crippen molar-refractivity contribution < 1.29 is 14.6 Å². The molecule has 1 heterocycles. The first-order valence-corrected chi connectivity index (χ1v) is 8.86. The van der Waals surface area contributed by atoms with Crippen LogP contribution in [0.1, 0.15) is 15.9 Å². The number of benzene rings is 2. The number of para-hydroxylation sites is 1. The Labute approximate surface area is 162 Å². The molecule has 0 N–H and O–H groups in total. The Kier molecular flexibility index (Phi) is 5.14. The predicted octanol–water partition coefficient (Wildman–Crippen LogP) is 3.75. The van der Waals surface area contributed by atoms with Crippen molar-refractivity contribution in [3.63, 3.8) is 0 Å². The molecule has 9 nitrogen and oxygen atoms in total. The number of nitro benzene ring substituents is 2. The maximum Gasteiger partial charge on any atom is 0.280 e. The molecule has 0 radical (unpaired) electrons. The molecule has 0 saturated heterocycles. The zero-order valence-corrected chi connectivity index (χ0v) is 15.5. The summed E-state index contributed by atoms with van der Waals surface area (Å²) < 4.78 is 2.73. The van der Waals surface area contributed by atoms with Gasteiger partial charge in [0.15, 0.2) is 4.80 Å². The van der Waals surface area contributed by atoms with Crippen molar-refractivity contribution in [3.05, 3.63) is 85.2 Å². The van der Waals surface area contributed by atoms with Gasteiger partial charge >= 0.3 is 0 Å². The normalized spacial score (nSPS) is 11.5.